The number of hydrogen-bond donors (Lipinski definition) is 2. The van der Waals surface area contributed by atoms with Gasteiger partial charge in [-0.3, -0.25) is 0 Å². The van der Waals surface area contributed by atoms with Crippen molar-refractivity contribution in [2.45, 2.75) is 13.1 Å². The van der Waals surface area contributed by atoms with Gasteiger partial charge in [0.15, 0.2) is 0 Å². The summed E-state index contributed by atoms with van der Waals surface area (Å²) in [6.07, 6.45) is 0. The number of benzene rings is 2. The van der Waals surface area contributed by atoms with Crippen molar-refractivity contribution in [1.82, 2.24) is 0 Å². The minimum absolute atomic E-state index is 0.725. The van der Waals surface area contributed by atoms with Crippen molar-refractivity contribution in [1.29, 1.82) is 5.26 Å². The van der Waals surface area contributed by atoms with Crippen LogP contribution >= 0.6 is 11.6 Å². The van der Waals surface area contributed by atoms with Crippen molar-refractivity contribution in [3.8, 4) is 11.8 Å². The van der Waals surface area contributed by atoms with Crippen molar-refractivity contribution in [3.05, 3.63) is 64.2 Å². The smallest absolute Gasteiger partial charge is 0.127 e. The fourth-order valence-corrected chi connectivity index (χ4v) is 3.65. The number of piperazine rings is 1. The van der Waals surface area contributed by atoms with Crippen molar-refractivity contribution in [2.24, 2.45) is 0 Å². The van der Waals surface area contributed by atoms with E-state index >= 15 is 0 Å². The lowest BCUT2D eigenvalue weighted by molar-refractivity contribution is -1.02. The van der Waals surface area contributed by atoms with Crippen LogP contribution in [0.3, 0.4) is 0 Å². The SMILES string of the molecule is COc1ccc(Cl)cc1C[NH+]1CC[NH+](Cc2ccc(C#N)cc2)CC1. The monoisotopic (exact) mass is 357 g/mol. The largest absolute Gasteiger partial charge is 0.496 e. The molecule has 0 bridgehead atoms. The van der Waals surface area contributed by atoms with Gasteiger partial charge in [-0.1, -0.05) is 23.7 Å². The van der Waals surface area contributed by atoms with E-state index in [1.54, 1.807) is 16.9 Å². The van der Waals surface area contributed by atoms with Gasteiger partial charge in [0.2, 0.25) is 0 Å². The zero-order valence-corrected chi connectivity index (χ0v) is 15.3. The molecule has 1 saturated heterocycles. The molecular formula is C20H24ClN3O+2. The quantitative estimate of drug-likeness (QED) is 0.827. The number of nitrogens with one attached hydrogen (secondary N) is 2. The lowest BCUT2D eigenvalue weighted by atomic mass is 10.1. The number of halogens is 1. The molecule has 2 aromatic rings. The molecule has 0 saturated carbocycles. The van der Waals surface area contributed by atoms with Crippen LogP contribution in [0.4, 0.5) is 0 Å². The van der Waals surface area contributed by atoms with Gasteiger partial charge in [0, 0.05) is 16.1 Å². The van der Waals surface area contributed by atoms with E-state index in [-0.39, 0.29) is 0 Å². The van der Waals surface area contributed by atoms with Gasteiger partial charge >= 0.3 is 0 Å². The third-order valence-corrected chi connectivity index (χ3v) is 5.12. The average Bonchev–Trinajstić information content (AvgIpc) is 2.64. The Bertz CT molecular complexity index is 747. The lowest BCUT2D eigenvalue weighted by Gasteiger charge is -2.30. The Kier molecular flexibility index (Phi) is 5.93. The van der Waals surface area contributed by atoms with Crippen LogP contribution in [0.5, 0.6) is 5.75 Å². The molecule has 3 rings (SSSR count). The van der Waals surface area contributed by atoms with E-state index in [9.17, 15) is 0 Å². The normalized spacial score (nSPS) is 20.0. The molecule has 2 N–H and O–H groups in total. The Morgan fingerprint density at radius 2 is 1.64 bits per heavy atom. The Balaban J connectivity index is 1.53. The summed E-state index contributed by atoms with van der Waals surface area (Å²) < 4.78 is 5.46. The first-order valence-corrected chi connectivity index (χ1v) is 9.04. The molecule has 1 heterocycles. The molecule has 1 aliphatic heterocycles. The van der Waals surface area contributed by atoms with E-state index in [4.69, 9.17) is 21.6 Å². The number of methoxy groups -OCH3 is 1. The van der Waals surface area contributed by atoms with E-state index in [1.165, 1.54) is 11.1 Å². The second-order valence-corrected chi connectivity index (χ2v) is 7.05. The molecule has 25 heavy (non-hydrogen) atoms. The van der Waals surface area contributed by atoms with E-state index < -0.39 is 0 Å². The molecule has 5 heteroatoms. The number of ether oxygens (including phenoxy) is 1. The topological polar surface area (TPSA) is 41.9 Å². The van der Waals surface area contributed by atoms with E-state index in [1.807, 2.05) is 30.3 Å². The molecule has 1 fully saturated rings. The molecule has 4 nitrogen and oxygen atoms in total. The Hall–Kier alpha value is -2.06. The molecule has 0 unspecified atom stereocenters. The van der Waals surface area contributed by atoms with E-state index in [0.29, 0.717) is 0 Å². The van der Waals surface area contributed by atoms with Gasteiger partial charge in [-0.05, 0) is 30.3 Å². The molecule has 0 aliphatic carbocycles. The second-order valence-electron chi connectivity index (χ2n) is 6.62. The molecule has 0 atom stereocenters. The highest BCUT2D eigenvalue weighted by molar-refractivity contribution is 6.30. The fourth-order valence-electron chi connectivity index (χ4n) is 3.45. The first kappa shape index (κ1) is 17.8. The highest BCUT2D eigenvalue weighted by Crippen LogP contribution is 2.21. The summed E-state index contributed by atoms with van der Waals surface area (Å²) in [5.41, 5.74) is 3.21. The minimum atomic E-state index is 0.725. The van der Waals surface area contributed by atoms with Gasteiger partial charge in [-0.15, -0.1) is 0 Å². The maximum absolute atomic E-state index is 8.88. The number of hydrogen-bond acceptors (Lipinski definition) is 2. The third-order valence-electron chi connectivity index (χ3n) is 4.88. The predicted molar refractivity (Wildman–Crippen MR) is 98.0 cm³/mol. The summed E-state index contributed by atoms with van der Waals surface area (Å²) in [5, 5.41) is 9.64. The van der Waals surface area contributed by atoms with Crippen molar-refractivity contribution >= 4 is 11.6 Å². The van der Waals surface area contributed by atoms with Crippen molar-refractivity contribution in [2.75, 3.05) is 33.3 Å². The Labute approximate surface area is 154 Å². The molecule has 0 spiro atoms. The Morgan fingerprint density at radius 1 is 1.00 bits per heavy atom. The summed E-state index contributed by atoms with van der Waals surface area (Å²) in [5.74, 6) is 0.921. The van der Waals surface area contributed by atoms with E-state index in [2.05, 4.69) is 18.2 Å². The highest BCUT2D eigenvalue weighted by atomic mass is 35.5. The van der Waals surface area contributed by atoms with Crippen molar-refractivity contribution < 1.29 is 14.5 Å². The number of nitrogens with zero attached hydrogens (tertiary/aromatic N) is 1. The zero-order valence-electron chi connectivity index (χ0n) is 14.5. The zero-order chi connectivity index (χ0) is 17.6. The number of nitriles is 1. The third kappa shape index (κ3) is 4.73. The lowest BCUT2D eigenvalue weighted by Crippen LogP contribution is -3.27. The van der Waals surface area contributed by atoms with Gasteiger partial charge in [0.05, 0.1) is 18.7 Å². The molecule has 1 aliphatic rings. The highest BCUT2D eigenvalue weighted by Gasteiger charge is 2.24. The van der Waals surface area contributed by atoms with Gasteiger partial charge in [-0.2, -0.15) is 5.26 Å². The number of rotatable bonds is 5. The molecule has 0 aromatic heterocycles. The summed E-state index contributed by atoms with van der Waals surface area (Å²) >= 11 is 6.14. The summed E-state index contributed by atoms with van der Waals surface area (Å²) in [7, 11) is 1.71. The summed E-state index contributed by atoms with van der Waals surface area (Å²) in [6.45, 7) is 6.56. The maximum atomic E-state index is 8.88. The molecule has 0 radical (unpaired) electrons. The van der Waals surface area contributed by atoms with Gasteiger partial charge < -0.3 is 14.5 Å². The minimum Gasteiger partial charge on any atom is -0.496 e. The second kappa shape index (κ2) is 8.35. The maximum Gasteiger partial charge on any atom is 0.127 e. The molecule has 130 valence electrons. The Morgan fingerprint density at radius 3 is 2.24 bits per heavy atom. The fraction of sp³-hybridized carbons (Fsp3) is 0.350. The van der Waals surface area contributed by atoms with Crippen LogP contribution in [-0.2, 0) is 13.1 Å². The van der Waals surface area contributed by atoms with Crippen LogP contribution in [-0.4, -0.2) is 33.3 Å². The van der Waals surface area contributed by atoms with Gasteiger partial charge in [0.25, 0.3) is 0 Å². The van der Waals surface area contributed by atoms with Crippen LogP contribution < -0.4 is 14.5 Å². The van der Waals surface area contributed by atoms with Crippen LogP contribution in [0.2, 0.25) is 5.02 Å². The van der Waals surface area contributed by atoms with Gasteiger partial charge in [0.1, 0.15) is 45.0 Å². The molecular weight excluding hydrogens is 334 g/mol. The number of quaternary nitrogens is 2. The summed E-state index contributed by atoms with van der Waals surface area (Å²) in [6, 6.07) is 16.0. The summed E-state index contributed by atoms with van der Waals surface area (Å²) in [4.78, 5) is 3.18. The first-order chi connectivity index (χ1) is 12.2. The van der Waals surface area contributed by atoms with Crippen LogP contribution in [0.1, 0.15) is 16.7 Å². The van der Waals surface area contributed by atoms with Crippen LogP contribution in [0, 0.1) is 11.3 Å². The van der Waals surface area contributed by atoms with Crippen LogP contribution in [0.15, 0.2) is 42.5 Å². The van der Waals surface area contributed by atoms with Crippen molar-refractivity contribution in [3.63, 3.8) is 0 Å². The molecule has 2 aromatic carbocycles. The van der Waals surface area contributed by atoms with Gasteiger partial charge in [-0.25, -0.2) is 0 Å². The van der Waals surface area contributed by atoms with Crippen LogP contribution in [0.25, 0.3) is 0 Å². The standard InChI is InChI=1S/C20H22ClN3O/c1-25-20-7-6-19(21)12-18(20)15-24-10-8-23(9-11-24)14-17-4-2-16(13-22)3-5-17/h2-7,12H,8-11,14-15H2,1H3/p+2. The predicted octanol–water partition coefficient (Wildman–Crippen LogP) is 0.704. The average molecular weight is 358 g/mol. The van der Waals surface area contributed by atoms with E-state index in [0.717, 1.165) is 55.6 Å². The first-order valence-electron chi connectivity index (χ1n) is 8.66. The molecule has 0 amide bonds.